The van der Waals surface area contributed by atoms with Crippen molar-refractivity contribution in [3.8, 4) is 0 Å². The van der Waals surface area contributed by atoms with E-state index in [1.54, 1.807) is 0 Å². The first-order chi connectivity index (χ1) is 3.91. The molecule has 0 saturated heterocycles. The largest absolute Gasteiger partial charge is 0.464 e. The van der Waals surface area contributed by atoms with Gasteiger partial charge in [-0.3, -0.25) is 4.79 Å². The van der Waals surface area contributed by atoms with E-state index in [1.165, 1.54) is 6.08 Å². The second kappa shape index (κ2) is 16.9. The Bertz CT molecular complexity index is 52.7. The molecule has 0 unspecified atom stereocenters. The maximum atomic E-state index is 9.29. The highest BCUT2D eigenvalue weighted by Crippen LogP contribution is 1.62. The summed E-state index contributed by atoms with van der Waals surface area (Å²) in [6.45, 7) is 6.01. The lowest BCUT2D eigenvalue weighted by atomic mass is 10.7. The van der Waals surface area contributed by atoms with E-state index in [-0.39, 0.29) is 0 Å². The molecule has 0 amide bonds. The summed E-state index contributed by atoms with van der Waals surface area (Å²) in [6, 6.07) is 0. The van der Waals surface area contributed by atoms with Crippen LogP contribution in [0.1, 0.15) is 0 Å². The van der Waals surface area contributed by atoms with Crippen molar-refractivity contribution in [1.82, 2.24) is 0 Å². The third-order valence-corrected chi connectivity index (χ3v) is 0.282. The van der Waals surface area contributed by atoms with Crippen molar-refractivity contribution >= 4 is 13.3 Å². The minimum absolute atomic E-state index is 0.309. The second-order valence-corrected chi connectivity index (χ2v) is 0.718. The number of carbonyl (C=O) groups excluding carboxylic acids is 2. The van der Waals surface area contributed by atoms with Crippen LogP contribution in [0.5, 0.6) is 0 Å². The van der Waals surface area contributed by atoms with Gasteiger partial charge in [-0.25, -0.2) is 0 Å². The van der Waals surface area contributed by atoms with Crippen LogP contribution in [0.3, 0.4) is 0 Å². The van der Waals surface area contributed by atoms with Crippen LogP contribution in [0.25, 0.3) is 0 Å². The van der Waals surface area contributed by atoms with Crippen LogP contribution in [0, 0.1) is 0 Å². The molecule has 0 aromatic heterocycles. The SMILES string of the molecule is C=CCOC=O.C=O. The van der Waals surface area contributed by atoms with Crippen molar-refractivity contribution in [2.24, 2.45) is 0 Å². The fourth-order valence-corrected chi connectivity index (χ4v) is 0.107. The Hall–Kier alpha value is -1.12. The zero-order valence-corrected chi connectivity index (χ0v) is 4.50. The van der Waals surface area contributed by atoms with Crippen LogP contribution >= 0.6 is 0 Å². The van der Waals surface area contributed by atoms with E-state index in [4.69, 9.17) is 4.79 Å². The molecule has 0 saturated carbocycles. The molecule has 0 aliphatic rings. The van der Waals surface area contributed by atoms with E-state index in [9.17, 15) is 4.79 Å². The maximum Gasteiger partial charge on any atom is 0.293 e. The number of carbonyl (C=O) groups is 2. The molecule has 0 atom stereocenters. The van der Waals surface area contributed by atoms with Gasteiger partial charge in [0.2, 0.25) is 0 Å². The van der Waals surface area contributed by atoms with Crippen molar-refractivity contribution in [3.05, 3.63) is 12.7 Å². The third-order valence-electron chi connectivity index (χ3n) is 0.282. The lowest BCUT2D eigenvalue weighted by Gasteiger charge is -1.82. The molecule has 0 aliphatic carbocycles. The predicted molar refractivity (Wildman–Crippen MR) is 29.3 cm³/mol. The van der Waals surface area contributed by atoms with Crippen LogP contribution in [-0.4, -0.2) is 19.9 Å². The van der Waals surface area contributed by atoms with E-state index < -0.39 is 0 Å². The molecular formula is C5H8O3. The fraction of sp³-hybridized carbons (Fsp3) is 0.200. The number of ether oxygens (including phenoxy) is 1. The van der Waals surface area contributed by atoms with Crippen LogP contribution in [-0.2, 0) is 14.3 Å². The van der Waals surface area contributed by atoms with Crippen LogP contribution < -0.4 is 0 Å². The quantitative estimate of drug-likeness (QED) is 0.299. The first kappa shape index (κ1) is 9.99. The minimum Gasteiger partial charge on any atom is -0.464 e. The van der Waals surface area contributed by atoms with Crippen molar-refractivity contribution < 1.29 is 14.3 Å². The van der Waals surface area contributed by atoms with Gasteiger partial charge in [-0.05, 0) is 0 Å². The summed E-state index contributed by atoms with van der Waals surface area (Å²) in [4.78, 5) is 17.3. The van der Waals surface area contributed by atoms with Crippen LogP contribution in [0.15, 0.2) is 12.7 Å². The first-order valence-corrected chi connectivity index (χ1v) is 1.87. The lowest BCUT2D eigenvalue weighted by molar-refractivity contribution is -0.127. The number of hydrogen-bond donors (Lipinski definition) is 0. The average Bonchev–Trinajstić information content (AvgIpc) is 1.88. The molecule has 0 rings (SSSR count). The molecule has 46 valence electrons. The smallest absolute Gasteiger partial charge is 0.293 e. The highest BCUT2D eigenvalue weighted by molar-refractivity contribution is 5.37. The predicted octanol–water partition coefficient (Wildman–Crippen LogP) is 0.160. The van der Waals surface area contributed by atoms with Crippen LogP contribution in [0.4, 0.5) is 0 Å². The lowest BCUT2D eigenvalue weighted by Crippen LogP contribution is -1.83. The molecule has 0 heterocycles. The molecular weight excluding hydrogens is 108 g/mol. The Labute approximate surface area is 48.0 Å². The van der Waals surface area contributed by atoms with E-state index in [1.807, 2.05) is 6.79 Å². The van der Waals surface area contributed by atoms with Gasteiger partial charge >= 0.3 is 0 Å². The van der Waals surface area contributed by atoms with Gasteiger partial charge in [0, 0.05) is 0 Å². The molecule has 0 aromatic rings. The fourth-order valence-electron chi connectivity index (χ4n) is 0.107. The standard InChI is InChI=1S/C4H6O2.CH2O/c1-2-3-6-4-5;1-2/h2,4H,1,3H2;1H2. The van der Waals surface area contributed by atoms with Gasteiger partial charge < -0.3 is 9.53 Å². The monoisotopic (exact) mass is 116 g/mol. The Balaban J connectivity index is 0. The Morgan fingerprint density at radius 1 is 1.50 bits per heavy atom. The Morgan fingerprint density at radius 3 is 2.12 bits per heavy atom. The van der Waals surface area contributed by atoms with E-state index in [0.717, 1.165) is 0 Å². The highest BCUT2D eigenvalue weighted by atomic mass is 16.5. The summed E-state index contributed by atoms with van der Waals surface area (Å²) in [5, 5.41) is 0. The summed E-state index contributed by atoms with van der Waals surface area (Å²) in [6.07, 6.45) is 1.51. The van der Waals surface area contributed by atoms with E-state index in [2.05, 4.69) is 11.3 Å². The molecule has 0 aliphatic heterocycles. The van der Waals surface area contributed by atoms with Gasteiger partial charge in [-0.15, -0.1) is 0 Å². The van der Waals surface area contributed by atoms with Crippen LogP contribution in [0.2, 0.25) is 0 Å². The van der Waals surface area contributed by atoms with Crippen molar-refractivity contribution in [1.29, 1.82) is 0 Å². The second-order valence-electron chi connectivity index (χ2n) is 0.718. The molecule has 0 spiro atoms. The summed E-state index contributed by atoms with van der Waals surface area (Å²) < 4.78 is 4.18. The zero-order valence-electron chi connectivity index (χ0n) is 4.50. The Kier molecular flexibility index (Phi) is 21.1. The third kappa shape index (κ3) is 20.8. The molecule has 8 heavy (non-hydrogen) atoms. The number of rotatable bonds is 3. The first-order valence-electron chi connectivity index (χ1n) is 1.87. The molecule has 3 heteroatoms. The minimum atomic E-state index is 0.309. The summed E-state index contributed by atoms with van der Waals surface area (Å²) in [7, 11) is 0. The highest BCUT2D eigenvalue weighted by Gasteiger charge is 1.65. The molecule has 0 N–H and O–H groups in total. The van der Waals surface area contributed by atoms with E-state index in [0.29, 0.717) is 13.1 Å². The molecule has 0 fully saturated rings. The normalized spacial score (nSPS) is 5.50. The summed E-state index contributed by atoms with van der Waals surface area (Å²) in [5.74, 6) is 0. The zero-order chi connectivity index (χ0) is 6.83. The van der Waals surface area contributed by atoms with E-state index >= 15 is 0 Å². The molecule has 0 aromatic carbocycles. The van der Waals surface area contributed by atoms with Gasteiger partial charge in [-0.2, -0.15) is 0 Å². The van der Waals surface area contributed by atoms with Gasteiger partial charge in [0.1, 0.15) is 13.4 Å². The molecule has 0 radical (unpaired) electrons. The number of hydrogen-bond acceptors (Lipinski definition) is 3. The van der Waals surface area contributed by atoms with Crippen molar-refractivity contribution in [2.45, 2.75) is 0 Å². The van der Waals surface area contributed by atoms with Gasteiger partial charge in [-0.1, -0.05) is 12.7 Å². The Morgan fingerprint density at radius 2 is 2.00 bits per heavy atom. The molecule has 0 bridgehead atoms. The topological polar surface area (TPSA) is 43.4 Å². The van der Waals surface area contributed by atoms with Gasteiger partial charge in [0.15, 0.2) is 0 Å². The summed E-state index contributed by atoms with van der Waals surface area (Å²) in [5.41, 5.74) is 0. The molecule has 3 nitrogen and oxygen atoms in total. The maximum absolute atomic E-state index is 9.29. The van der Waals surface area contributed by atoms with Crippen molar-refractivity contribution in [3.63, 3.8) is 0 Å². The van der Waals surface area contributed by atoms with Crippen molar-refractivity contribution in [2.75, 3.05) is 6.61 Å². The summed E-state index contributed by atoms with van der Waals surface area (Å²) >= 11 is 0. The van der Waals surface area contributed by atoms with Gasteiger partial charge in [0.25, 0.3) is 6.47 Å². The average molecular weight is 116 g/mol. The van der Waals surface area contributed by atoms with Gasteiger partial charge in [0.05, 0.1) is 0 Å².